The molecule has 240 valence electrons. The average Bonchev–Trinajstić information content (AvgIpc) is 3.37. The topological polar surface area (TPSA) is 89.8 Å². The highest BCUT2D eigenvalue weighted by molar-refractivity contribution is 6.75. The predicted molar refractivity (Wildman–Crippen MR) is 178 cm³/mol. The van der Waals surface area contributed by atoms with Gasteiger partial charge in [-0.05, 0) is 61.3 Å². The molecule has 9 nitrogen and oxygen atoms in total. The first-order valence-electron chi connectivity index (χ1n) is 15.4. The fraction of sp³-hybridized carbons (Fsp3) is 0.833. The number of nitrogens with zero attached hydrogens (tertiary/aromatic N) is 4. The molecule has 0 saturated carbocycles. The van der Waals surface area contributed by atoms with E-state index in [0.717, 1.165) is 0 Å². The maximum Gasteiger partial charge on any atom is 0.245 e. The van der Waals surface area contributed by atoms with Gasteiger partial charge >= 0.3 is 0 Å². The van der Waals surface area contributed by atoms with Gasteiger partial charge in [0.05, 0.1) is 19.5 Å². The van der Waals surface area contributed by atoms with Crippen molar-refractivity contribution in [2.75, 3.05) is 13.2 Å². The Hall–Kier alpha value is -1.16. The van der Waals surface area contributed by atoms with Gasteiger partial charge in [0.1, 0.15) is 24.6 Å². The second-order valence-corrected chi connectivity index (χ2v) is 30.6. The zero-order chi connectivity index (χ0) is 32.1. The van der Waals surface area contributed by atoms with Crippen LogP contribution in [0.3, 0.4) is 0 Å². The SMILES string of the molecule is CCOc1ncnc2c1ncn2[C@@H]1O[C@H](CO[Si](C)(C)C(C)(C)C)[C@@H](O[Si](C)(C)C(C)(C)C)[C@H]1O[Si](C)(C)C(C)(C)C. The van der Waals surface area contributed by atoms with Crippen LogP contribution in [0.15, 0.2) is 12.7 Å². The molecule has 0 aliphatic carbocycles. The summed E-state index contributed by atoms with van der Waals surface area (Å²) in [6, 6.07) is 0. The first kappa shape index (κ1) is 35.3. The number of aromatic nitrogens is 4. The van der Waals surface area contributed by atoms with Crippen LogP contribution < -0.4 is 4.74 Å². The minimum atomic E-state index is -2.27. The van der Waals surface area contributed by atoms with E-state index in [9.17, 15) is 0 Å². The molecule has 3 rings (SSSR count). The molecule has 0 bridgehead atoms. The van der Waals surface area contributed by atoms with E-state index in [1.165, 1.54) is 6.33 Å². The molecule has 1 aliphatic heterocycles. The molecule has 4 atom stereocenters. The number of imidazole rings is 1. The van der Waals surface area contributed by atoms with Gasteiger partial charge < -0.3 is 22.8 Å². The Kier molecular flexibility index (Phi) is 10.1. The summed E-state index contributed by atoms with van der Waals surface area (Å²) in [5.74, 6) is 0.466. The van der Waals surface area contributed by atoms with Gasteiger partial charge in [0.2, 0.25) is 5.88 Å². The van der Waals surface area contributed by atoms with Gasteiger partial charge in [-0.15, -0.1) is 0 Å². The number of fused-ring (bicyclic) bond motifs is 1. The molecule has 12 heteroatoms. The summed E-state index contributed by atoms with van der Waals surface area (Å²) in [6.07, 6.45) is 1.77. The van der Waals surface area contributed by atoms with Gasteiger partial charge in [0.25, 0.3) is 0 Å². The van der Waals surface area contributed by atoms with Crippen molar-refractivity contribution in [3.63, 3.8) is 0 Å². The van der Waals surface area contributed by atoms with E-state index in [1.807, 2.05) is 11.5 Å². The summed E-state index contributed by atoms with van der Waals surface area (Å²) >= 11 is 0. The molecule has 1 saturated heterocycles. The summed E-state index contributed by atoms with van der Waals surface area (Å²) < 4.78 is 36.0. The van der Waals surface area contributed by atoms with Crippen LogP contribution in [0.25, 0.3) is 11.2 Å². The Bertz CT molecular complexity index is 1210. The van der Waals surface area contributed by atoms with Gasteiger partial charge in [0, 0.05) is 0 Å². The van der Waals surface area contributed by atoms with Crippen LogP contribution in [0.4, 0.5) is 0 Å². The lowest BCUT2D eigenvalue weighted by atomic mass is 10.1. The van der Waals surface area contributed by atoms with Crippen molar-refractivity contribution in [3.05, 3.63) is 12.7 Å². The molecule has 2 aromatic heterocycles. The Balaban J connectivity index is 2.17. The average molecular weight is 639 g/mol. The van der Waals surface area contributed by atoms with E-state index < -0.39 is 31.2 Å². The lowest BCUT2D eigenvalue weighted by Crippen LogP contribution is -2.54. The first-order valence-corrected chi connectivity index (χ1v) is 24.1. The van der Waals surface area contributed by atoms with E-state index in [4.69, 9.17) is 22.8 Å². The van der Waals surface area contributed by atoms with Crippen LogP contribution in [0.1, 0.15) is 75.5 Å². The third-order valence-corrected chi connectivity index (χ3v) is 23.5. The quantitative estimate of drug-likeness (QED) is 0.243. The summed E-state index contributed by atoms with van der Waals surface area (Å²) in [7, 11) is -6.56. The molecule has 0 spiro atoms. The van der Waals surface area contributed by atoms with Crippen molar-refractivity contribution in [2.45, 2.75) is 148 Å². The van der Waals surface area contributed by atoms with E-state index in [2.05, 4.69) is 117 Å². The maximum absolute atomic E-state index is 7.27. The van der Waals surface area contributed by atoms with E-state index in [0.29, 0.717) is 30.3 Å². The van der Waals surface area contributed by atoms with Crippen molar-refractivity contribution >= 4 is 36.1 Å². The fourth-order valence-electron chi connectivity index (χ4n) is 4.13. The van der Waals surface area contributed by atoms with Crippen LogP contribution in [0, 0.1) is 0 Å². The standard InChI is InChI=1S/C30H58N4O5Si3/c1-17-35-26-22-25(31-19-32-26)34(20-33-22)27-24(39-42(15,16)30(8,9)10)23(38-41(13,14)29(5,6)7)21(37-27)18-36-40(11,12)28(2,3)4/h19-21,23-24,27H,17-18H2,1-16H3/t21-,23-,24-,27-/m1/s1. The van der Waals surface area contributed by atoms with Crippen molar-refractivity contribution in [3.8, 4) is 5.88 Å². The molecule has 1 fully saturated rings. The van der Waals surface area contributed by atoms with Gasteiger partial charge in [-0.25, -0.2) is 9.97 Å². The second-order valence-electron chi connectivity index (χ2n) is 16.3. The largest absolute Gasteiger partial charge is 0.476 e. The lowest BCUT2D eigenvalue weighted by molar-refractivity contribution is -0.0470. The highest BCUT2D eigenvalue weighted by atomic mass is 28.4. The molecular formula is C30H58N4O5Si3. The van der Waals surface area contributed by atoms with Gasteiger partial charge in [-0.2, -0.15) is 4.98 Å². The zero-order valence-corrected chi connectivity index (χ0v) is 32.2. The molecule has 2 aromatic rings. The Morgan fingerprint density at radius 3 is 1.79 bits per heavy atom. The molecule has 1 aliphatic rings. The number of hydrogen-bond donors (Lipinski definition) is 0. The van der Waals surface area contributed by atoms with Crippen molar-refractivity contribution in [2.24, 2.45) is 0 Å². The van der Waals surface area contributed by atoms with Crippen molar-refractivity contribution in [1.82, 2.24) is 19.5 Å². The van der Waals surface area contributed by atoms with E-state index >= 15 is 0 Å². The minimum absolute atomic E-state index is 0.00386. The van der Waals surface area contributed by atoms with Crippen LogP contribution >= 0.6 is 0 Å². The normalized spacial score (nSPS) is 23.1. The third kappa shape index (κ3) is 7.21. The molecule has 0 radical (unpaired) electrons. The monoisotopic (exact) mass is 638 g/mol. The lowest BCUT2D eigenvalue weighted by Gasteiger charge is -2.44. The van der Waals surface area contributed by atoms with Crippen LogP contribution in [0.5, 0.6) is 5.88 Å². The molecule has 0 N–H and O–H groups in total. The van der Waals surface area contributed by atoms with Crippen LogP contribution in [-0.2, 0) is 18.0 Å². The number of ether oxygens (including phenoxy) is 2. The molecule has 0 amide bonds. The molecular weight excluding hydrogens is 581 g/mol. The summed E-state index contributed by atoms with van der Waals surface area (Å²) in [5, 5.41) is 0.0832. The van der Waals surface area contributed by atoms with Crippen LogP contribution in [0.2, 0.25) is 54.4 Å². The molecule has 0 aromatic carbocycles. The summed E-state index contributed by atoms with van der Waals surface area (Å²) in [4.78, 5) is 13.6. The molecule has 0 unspecified atom stereocenters. The van der Waals surface area contributed by atoms with Crippen LogP contribution in [-0.4, -0.2) is 76.0 Å². The second kappa shape index (κ2) is 12.0. The summed E-state index contributed by atoms with van der Waals surface area (Å²) in [5.41, 5.74) is 1.26. The van der Waals surface area contributed by atoms with Gasteiger partial charge in [-0.3, -0.25) is 4.57 Å². The number of hydrogen-bond acceptors (Lipinski definition) is 8. The summed E-state index contributed by atoms with van der Waals surface area (Å²) in [6.45, 7) is 37.0. The van der Waals surface area contributed by atoms with Gasteiger partial charge in [-0.1, -0.05) is 62.3 Å². The smallest absolute Gasteiger partial charge is 0.245 e. The number of rotatable bonds is 10. The maximum atomic E-state index is 7.27. The van der Waals surface area contributed by atoms with E-state index in [-0.39, 0.29) is 33.4 Å². The van der Waals surface area contributed by atoms with E-state index in [1.54, 1.807) is 6.33 Å². The minimum Gasteiger partial charge on any atom is -0.476 e. The highest BCUT2D eigenvalue weighted by Crippen LogP contribution is 2.47. The first-order chi connectivity index (χ1) is 18.9. The Morgan fingerprint density at radius 1 is 0.762 bits per heavy atom. The Labute approximate surface area is 257 Å². The zero-order valence-electron chi connectivity index (χ0n) is 29.2. The van der Waals surface area contributed by atoms with Crippen molar-refractivity contribution in [1.29, 1.82) is 0 Å². The van der Waals surface area contributed by atoms with Crippen molar-refractivity contribution < 1.29 is 22.8 Å². The Morgan fingerprint density at radius 2 is 1.29 bits per heavy atom. The van der Waals surface area contributed by atoms with Gasteiger partial charge in [0.15, 0.2) is 42.3 Å². The highest BCUT2D eigenvalue weighted by Gasteiger charge is 2.55. The fourth-order valence-corrected chi connectivity index (χ4v) is 7.75. The molecule has 3 heterocycles. The molecule has 42 heavy (non-hydrogen) atoms. The third-order valence-electron chi connectivity index (χ3n) is 10.1. The predicted octanol–water partition coefficient (Wildman–Crippen LogP) is 7.93.